The quantitative estimate of drug-likeness (QED) is 0.487. The van der Waals surface area contributed by atoms with Gasteiger partial charge in [0.1, 0.15) is 0 Å². The zero-order valence-corrected chi connectivity index (χ0v) is 9.35. The van der Waals surface area contributed by atoms with E-state index in [1.54, 1.807) is 18.6 Å². The van der Waals surface area contributed by atoms with Crippen LogP contribution in [0.3, 0.4) is 0 Å². The molecule has 0 atom stereocenters. The minimum atomic E-state index is 0.0208. The average Bonchev–Trinajstić information content (AvgIpc) is 2.78. The summed E-state index contributed by atoms with van der Waals surface area (Å²) >= 11 is 0. The number of hydrogen-bond acceptors (Lipinski definition) is 3. The summed E-state index contributed by atoms with van der Waals surface area (Å²) in [4.78, 5) is 15.2. The lowest BCUT2D eigenvalue weighted by atomic mass is 10.4. The van der Waals surface area contributed by atoms with Gasteiger partial charge in [0.15, 0.2) is 0 Å². The second-order valence-electron chi connectivity index (χ2n) is 3.42. The van der Waals surface area contributed by atoms with Crippen molar-refractivity contribution >= 4 is 5.91 Å². The number of rotatable bonds is 8. The van der Waals surface area contributed by atoms with Gasteiger partial charge in [-0.25, -0.2) is 4.98 Å². The van der Waals surface area contributed by atoms with Gasteiger partial charge in [-0.15, -0.1) is 6.58 Å². The molecule has 0 unspecified atom stereocenters. The first-order valence-corrected chi connectivity index (χ1v) is 5.37. The highest BCUT2D eigenvalue weighted by molar-refractivity contribution is 5.77. The smallest absolute Gasteiger partial charge is 0.233 e. The van der Waals surface area contributed by atoms with E-state index in [1.807, 2.05) is 10.8 Å². The predicted octanol–water partition coefficient (Wildman–Crippen LogP) is 0.165. The van der Waals surface area contributed by atoms with Crippen LogP contribution in [0.5, 0.6) is 0 Å². The molecule has 1 aromatic rings. The summed E-state index contributed by atoms with van der Waals surface area (Å²) in [5.41, 5.74) is 0. The molecule has 2 N–H and O–H groups in total. The SMILES string of the molecule is C=CCNCC(=O)NCCCn1ccnc1. The Morgan fingerprint density at radius 2 is 2.44 bits per heavy atom. The molecule has 0 saturated carbocycles. The number of aromatic nitrogens is 2. The summed E-state index contributed by atoms with van der Waals surface area (Å²) < 4.78 is 1.99. The van der Waals surface area contributed by atoms with Crippen LogP contribution in [0.25, 0.3) is 0 Å². The van der Waals surface area contributed by atoms with Crippen molar-refractivity contribution in [1.29, 1.82) is 0 Å². The summed E-state index contributed by atoms with van der Waals surface area (Å²) in [6.07, 6.45) is 8.06. The van der Waals surface area contributed by atoms with Crippen molar-refractivity contribution in [1.82, 2.24) is 20.2 Å². The Hall–Kier alpha value is -1.62. The lowest BCUT2D eigenvalue weighted by Gasteiger charge is -2.05. The molecule has 0 aliphatic heterocycles. The minimum Gasteiger partial charge on any atom is -0.355 e. The summed E-state index contributed by atoms with van der Waals surface area (Å²) in [6, 6.07) is 0. The third-order valence-electron chi connectivity index (χ3n) is 2.05. The van der Waals surface area contributed by atoms with Crippen LogP contribution in [0, 0.1) is 0 Å². The van der Waals surface area contributed by atoms with Crippen LogP contribution in [-0.2, 0) is 11.3 Å². The van der Waals surface area contributed by atoms with E-state index in [0.717, 1.165) is 13.0 Å². The molecule has 1 amide bonds. The third-order valence-corrected chi connectivity index (χ3v) is 2.05. The van der Waals surface area contributed by atoms with Gasteiger partial charge in [0.05, 0.1) is 12.9 Å². The van der Waals surface area contributed by atoms with Gasteiger partial charge in [-0.05, 0) is 6.42 Å². The fourth-order valence-electron chi connectivity index (χ4n) is 1.26. The van der Waals surface area contributed by atoms with E-state index < -0.39 is 0 Å². The third kappa shape index (κ3) is 5.31. The maximum absolute atomic E-state index is 11.3. The second-order valence-corrected chi connectivity index (χ2v) is 3.42. The molecule has 0 saturated heterocycles. The molecule has 0 aromatic carbocycles. The van der Waals surface area contributed by atoms with Crippen LogP contribution < -0.4 is 10.6 Å². The molecule has 1 rings (SSSR count). The molecule has 0 fully saturated rings. The average molecular weight is 222 g/mol. The van der Waals surface area contributed by atoms with Gasteiger partial charge in [0.25, 0.3) is 0 Å². The lowest BCUT2D eigenvalue weighted by molar-refractivity contribution is -0.120. The summed E-state index contributed by atoms with van der Waals surface area (Å²) in [5, 5.41) is 5.78. The van der Waals surface area contributed by atoms with Crippen LogP contribution in [0.2, 0.25) is 0 Å². The molecule has 0 radical (unpaired) electrons. The zero-order chi connectivity index (χ0) is 11.6. The van der Waals surface area contributed by atoms with E-state index in [-0.39, 0.29) is 5.91 Å². The highest BCUT2D eigenvalue weighted by atomic mass is 16.1. The standard InChI is InChI=1S/C11H18N4O/c1-2-4-12-9-11(16)14-5-3-7-15-8-6-13-10-15/h2,6,8,10,12H,1,3-5,7,9H2,(H,14,16). The Kier molecular flexibility index (Phi) is 5.95. The molecule has 0 aliphatic rings. The Balaban J connectivity index is 1.98. The molecule has 1 heterocycles. The fraction of sp³-hybridized carbons (Fsp3) is 0.455. The van der Waals surface area contributed by atoms with Gasteiger partial charge in [0.2, 0.25) is 5.91 Å². The first-order valence-electron chi connectivity index (χ1n) is 5.37. The van der Waals surface area contributed by atoms with E-state index in [9.17, 15) is 4.79 Å². The van der Waals surface area contributed by atoms with E-state index in [4.69, 9.17) is 0 Å². The number of nitrogens with one attached hydrogen (secondary N) is 2. The number of aryl methyl sites for hydroxylation is 1. The van der Waals surface area contributed by atoms with Crippen molar-refractivity contribution in [2.24, 2.45) is 0 Å². The summed E-state index contributed by atoms with van der Waals surface area (Å²) in [5.74, 6) is 0.0208. The molecule has 5 heteroatoms. The minimum absolute atomic E-state index is 0.0208. The molecule has 0 aliphatic carbocycles. The van der Waals surface area contributed by atoms with Crippen molar-refractivity contribution in [2.75, 3.05) is 19.6 Å². The number of hydrogen-bond donors (Lipinski definition) is 2. The Labute approximate surface area is 95.6 Å². The molecule has 16 heavy (non-hydrogen) atoms. The first kappa shape index (κ1) is 12.4. The van der Waals surface area contributed by atoms with Crippen molar-refractivity contribution in [3.05, 3.63) is 31.4 Å². The van der Waals surface area contributed by atoms with Gasteiger partial charge < -0.3 is 15.2 Å². The number of amides is 1. The maximum atomic E-state index is 11.3. The van der Waals surface area contributed by atoms with Crippen LogP contribution in [0.4, 0.5) is 0 Å². The highest BCUT2D eigenvalue weighted by Crippen LogP contribution is 1.88. The molecule has 0 spiro atoms. The van der Waals surface area contributed by atoms with Crippen molar-refractivity contribution < 1.29 is 4.79 Å². The van der Waals surface area contributed by atoms with E-state index in [1.165, 1.54) is 0 Å². The fourth-order valence-corrected chi connectivity index (χ4v) is 1.26. The van der Waals surface area contributed by atoms with E-state index in [0.29, 0.717) is 19.6 Å². The molecular formula is C11H18N4O. The van der Waals surface area contributed by atoms with Crippen molar-refractivity contribution in [3.8, 4) is 0 Å². The summed E-state index contributed by atoms with van der Waals surface area (Å²) in [6.45, 7) is 6.12. The lowest BCUT2D eigenvalue weighted by Crippen LogP contribution is -2.34. The Bertz CT molecular complexity index is 308. The Morgan fingerprint density at radius 3 is 3.12 bits per heavy atom. The molecule has 5 nitrogen and oxygen atoms in total. The number of carbonyl (C=O) groups is 1. The number of imidazole rings is 1. The second kappa shape index (κ2) is 7.64. The van der Waals surface area contributed by atoms with Gasteiger partial charge in [-0.1, -0.05) is 6.08 Å². The van der Waals surface area contributed by atoms with E-state index in [2.05, 4.69) is 22.2 Å². The first-order chi connectivity index (χ1) is 7.83. The van der Waals surface area contributed by atoms with Gasteiger partial charge in [0, 0.05) is 32.0 Å². The van der Waals surface area contributed by atoms with Crippen LogP contribution in [0.1, 0.15) is 6.42 Å². The normalized spacial score (nSPS) is 10.0. The zero-order valence-electron chi connectivity index (χ0n) is 9.35. The predicted molar refractivity (Wildman–Crippen MR) is 62.9 cm³/mol. The van der Waals surface area contributed by atoms with Crippen molar-refractivity contribution in [3.63, 3.8) is 0 Å². The molecular weight excluding hydrogens is 204 g/mol. The van der Waals surface area contributed by atoms with Crippen LogP contribution in [0.15, 0.2) is 31.4 Å². The van der Waals surface area contributed by atoms with Gasteiger partial charge in [-0.2, -0.15) is 0 Å². The Morgan fingerprint density at radius 1 is 1.56 bits per heavy atom. The molecule has 0 bridgehead atoms. The largest absolute Gasteiger partial charge is 0.355 e. The van der Waals surface area contributed by atoms with Crippen molar-refractivity contribution in [2.45, 2.75) is 13.0 Å². The summed E-state index contributed by atoms with van der Waals surface area (Å²) in [7, 11) is 0. The van der Waals surface area contributed by atoms with Crippen LogP contribution in [-0.4, -0.2) is 35.1 Å². The monoisotopic (exact) mass is 222 g/mol. The maximum Gasteiger partial charge on any atom is 0.233 e. The number of carbonyl (C=O) groups excluding carboxylic acids is 1. The van der Waals surface area contributed by atoms with Gasteiger partial charge >= 0.3 is 0 Å². The van der Waals surface area contributed by atoms with Crippen LogP contribution >= 0.6 is 0 Å². The highest BCUT2D eigenvalue weighted by Gasteiger charge is 1.98. The van der Waals surface area contributed by atoms with E-state index >= 15 is 0 Å². The van der Waals surface area contributed by atoms with Gasteiger partial charge in [-0.3, -0.25) is 4.79 Å². The number of nitrogens with zero attached hydrogens (tertiary/aromatic N) is 2. The molecule has 88 valence electrons. The topological polar surface area (TPSA) is 59.0 Å². The molecule has 1 aromatic heterocycles.